The number of hydrogen-bond donors (Lipinski definition) is 0. The lowest BCUT2D eigenvalue weighted by atomic mass is 10.0. The van der Waals surface area contributed by atoms with Crippen molar-refractivity contribution >= 4 is 33.4 Å². The number of carbonyl (C=O) groups is 2. The number of carbonyl (C=O) groups excluding carboxylic acids is 2. The number of hydrogen-bond acceptors (Lipinski definition) is 4. The van der Waals surface area contributed by atoms with Gasteiger partial charge in [0.05, 0.1) is 11.4 Å². The zero-order valence-corrected chi connectivity index (χ0v) is 22.2. The second-order valence-corrected chi connectivity index (χ2v) is 11.6. The number of piperidine rings is 1. The van der Waals surface area contributed by atoms with E-state index in [9.17, 15) is 22.4 Å². The van der Waals surface area contributed by atoms with E-state index >= 15 is 0 Å². The summed E-state index contributed by atoms with van der Waals surface area (Å²) >= 11 is 5.96. The molecule has 1 atom stereocenters. The Morgan fingerprint density at radius 2 is 1.78 bits per heavy atom. The second-order valence-electron chi connectivity index (χ2n) is 8.98. The molecule has 1 aliphatic rings. The SMILES string of the molecule is CCCN(CC(=O)N(Cc1cccc(F)c1)C1CCN(C(=O)[C@@H](C)Cl)CC1)S(=O)(=O)c1ccccc1. The van der Waals surface area contributed by atoms with E-state index < -0.39 is 21.2 Å². The van der Waals surface area contributed by atoms with Crippen molar-refractivity contribution in [1.82, 2.24) is 14.1 Å². The molecule has 0 aliphatic carbocycles. The van der Waals surface area contributed by atoms with Gasteiger partial charge in [-0.2, -0.15) is 4.31 Å². The molecule has 0 saturated carbocycles. The first-order valence-corrected chi connectivity index (χ1v) is 14.0. The molecule has 36 heavy (non-hydrogen) atoms. The molecule has 10 heteroatoms. The fraction of sp³-hybridized carbons (Fsp3) is 0.462. The summed E-state index contributed by atoms with van der Waals surface area (Å²) in [5.74, 6) is -0.917. The van der Waals surface area contributed by atoms with Gasteiger partial charge in [0.1, 0.15) is 11.2 Å². The minimum atomic E-state index is -3.87. The average Bonchev–Trinajstić information content (AvgIpc) is 2.87. The number of halogens is 2. The van der Waals surface area contributed by atoms with Crippen LogP contribution >= 0.6 is 11.6 Å². The molecule has 196 valence electrons. The zero-order valence-electron chi connectivity index (χ0n) is 20.6. The Hall–Kier alpha value is -2.49. The fourth-order valence-electron chi connectivity index (χ4n) is 4.42. The van der Waals surface area contributed by atoms with Crippen LogP contribution in [0, 0.1) is 5.82 Å². The van der Waals surface area contributed by atoms with Crippen molar-refractivity contribution in [1.29, 1.82) is 0 Å². The van der Waals surface area contributed by atoms with Crippen LogP contribution in [0.4, 0.5) is 4.39 Å². The highest BCUT2D eigenvalue weighted by atomic mass is 35.5. The summed E-state index contributed by atoms with van der Waals surface area (Å²) in [5.41, 5.74) is 0.615. The summed E-state index contributed by atoms with van der Waals surface area (Å²) in [4.78, 5) is 29.4. The van der Waals surface area contributed by atoms with Gasteiger partial charge in [-0.3, -0.25) is 9.59 Å². The molecule has 2 aromatic carbocycles. The quantitative estimate of drug-likeness (QED) is 0.431. The van der Waals surface area contributed by atoms with Crippen molar-refractivity contribution in [2.75, 3.05) is 26.2 Å². The topological polar surface area (TPSA) is 78.0 Å². The summed E-state index contributed by atoms with van der Waals surface area (Å²) in [6, 6.07) is 13.9. The maximum Gasteiger partial charge on any atom is 0.243 e. The molecule has 0 N–H and O–H groups in total. The lowest BCUT2D eigenvalue weighted by molar-refractivity contribution is -0.137. The number of alkyl halides is 1. The number of sulfonamides is 1. The first-order valence-electron chi connectivity index (χ1n) is 12.2. The van der Waals surface area contributed by atoms with E-state index in [2.05, 4.69) is 0 Å². The van der Waals surface area contributed by atoms with Crippen LogP contribution < -0.4 is 0 Å². The normalized spacial score (nSPS) is 15.6. The Balaban J connectivity index is 1.83. The molecule has 1 heterocycles. The van der Waals surface area contributed by atoms with Crippen molar-refractivity contribution in [2.24, 2.45) is 0 Å². The average molecular weight is 538 g/mol. The van der Waals surface area contributed by atoms with E-state index in [1.54, 1.807) is 47.1 Å². The van der Waals surface area contributed by atoms with Crippen LogP contribution in [0.25, 0.3) is 0 Å². The molecule has 0 aromatic heterocycles. The Labute approximate surface area is 217 Å². The second kappa shape index (κ2) is 12.7. The maximum absolute atomic E-state index is 13.9. The van der Waals surface area contributed by atoms with Crippen LogP contribution in [0.3, 0.4) is 0 Å². The highest BCUT2D eigenvalue weighted by molar-refractivity contribution is 7.89. The van der Waals surface area contributed by atoms with E-state index in [4.69, 9.17) is 11.6 Å². The maximum atomic E-state index is 13.9. The van der Waals surface area contributed by atoms with Crippen LogP contribution in [0.15, 0.2) is 59.5 Å². The number of benzene rings is 2. The van der Waals surface area contributed by atoms with Crippen LogP contribution in [0.2, 0.25) is 0 Å². The van der Waals surface area contributed by atoms with Crippen LogP contribution in [0.1, 0.15) is 38.7 Å². The van der Waals surface area contributed by atoms with Crippen LogP contribution in [0.5, 0.6) is 0 Å². The highest BCUT2D eigenvalue weighted by Crippen LogP contribution is 2.23. The van der Waals surface area contributed by atoms with Gasteiger partial charge in [-0.05, 0) is 56.0 Å². The van der Waals surface area contributed by atoms with Gasteiger partial charge in [-0.25, -0.2) is 12.8 Å². The predicted molar refractivity (Wildman–Crippen MR) is 137 cm³/mol. The molecule has 0 bridgehead atoms. The Kier molecular flexibility index (Phi) is 9.87. The molecule has 1 fully saturated rings. The largest absolute Gasteiger partial charge is 0.341 e. The van der Waals surface area contributed by atoms with Crippen molar-refractivity contribution < 1.29 is 22.4 Å². The van der Waals surface area contributed by atoms with Crippen LogP contribution in [-0.4, -0.2) is 71.9 Å². The predicted octanol–water partition coefficient (Wildman–Crippen LogP) is 3.87. The molecule has 7 nitrogen and oxygen atoms in total. The van der Waals surface area contributed by atoms with Gasteiger partial charge in [-0.15, -0.1) is 11.6 Å². The van der Waals surface area contributed by atoms with Gasteiger partial charge in [0.2, 0.25) is 21.8 Å². The number of rotatable bonds is 10. The molecule has 3 rings (SSSR count). The fourth-order valence-corrected chi connectivity index (χ4v) is 6.06. The lowest BCUT2D eigenvalue weighted by Gasteiger charge is -2.39. The summed E-state index contributed by atoms with van der Waals surface area (Å²) < 4.78 is 41.7. The number of nitrogens with zero attached hydrogens (tertiary/aromatic N) is 3. The van der Waals surface area contributed by atoms with Crippen molar-refractivity contribution in [3.63, 3.8) is 0 Å². The molecule has 0 unspecified atom stereocenters. The van der Waals surface area contributed by atoms with E-state index in [-0.39, 0.29) is 42.4 Å². The molecule has 1 aliphatic heterocycles. The molecule has 2 amide bonds. The van der Waals surface area contributed by atoms with Gasteiger partial charge < -0.3 is 9.80 Å². The molecule has 0 radical (unpaired) electrons. The van der Waals surface area contributed by atoms with Gasteiger partial charge >= 0.3 is 0 Å². The molecule has 1 saturated heterocycles. The smallest absolute Gasteiger partial charge is 0.243 e. The summed E-state index contributed by atoms with van der Waals surface area (Å²) in [5, 5.41) is -0.627. The third kappa shape index (κ3) is 7.05. The molecular formula is C26H33ClFN3O4S. The Morgan fingerprint density at radius 3 is 2.36 bits per heavy atom. The van der Waals surface area contributed by atoms with Crippen molar-refractivity contribution in [3.05, 3.63) is 66.0 Å². The third-order valence-electron chi connectivity index (χ3n) is 6.29. The molecule has 0 spiro atoms. The van der Waals surface area contributed by atoms with Gasteiger partial charge in [0.25, 0.3) is 0 Å². The number of likely N-dealkylation sites (tertiary alicyclic amines) is 1. The number of amides is 2. The van der Waals surface area contributed by atoms with E-state index in [0.717, 1.165) is 0 Å². The monoisotopic (exact) mass is 537 g/mol. The molecular weight excluding hydrogens is 505 g/mol. The first kappa shape index (κ1) is 28.1. The third-order valence-corrected chi connectivity index (χ3v) is 8.33. The van der Waals surface area contributed by atoms with Gasteiger partial charge in [0, 0.05) is 32.2 Å². The standard InChI is InChI=1S/C26H33ClFN3O4S/c1-3-14-30(36(34,35)24-10-5-4-6-11-24)19-25(32)31(18-21-8-7-9-22(28)17-21)23-12-15-29(16-13-23)26(33)20(2)27/h4-11,17,20,23H,3,12-16,18-19H2,1-2H3/t20-/m1/s1. The lowest BCUT2D eigenvalue weighted by Crippen LogP contribution is -2.52. The summed E-state index contributed by atoms with van der Waals surface area (Å²) in [6.45, 7) is 4.38. The Bertz CT molecular complexity index is 1140. The summed E-state index contributed by atoms with van der Waals surface area (Å²) in [6.07, 6.45) is 1.59. The molecule has 2 aromatic rings. The first-order chi connectivity index (χ1) is 17.1. The highest BCUT2D eigenvalue weighted by Gasteiger charge is 2.33. The summed E-state index contributed by atoms with van der Waals surface area (Å²) in [7, 11) is -3.87. The van der Waals surface area contributed by atoms with E-state index in [0.29, 0.717) is 37.9 Å². The van der Waals surface area contributed by atoms with Crippen molar-refractivity contribution in [3.8, 4) is 0 Å². The minimum Gasteiger partial charge on any atom is -0.341 e. The van der Waals surface area contributed by atoms with Crippen LogP contribution in [-0.2, 0) is 26.2 Å². The zero-order chi connectivity index (χ0) is 26.3. The van der Waals surface area contributed by atoms with Gasteiger partial charge in [0.15, 0.2) is 0 Å². The van der Waals surface area contributed by atoms with Gasteiger partial charge in [-0.1, -0.05) is 37.3 Å². The van der Waals surface area contributed by atoms with Crippen molar-refractivity contribution in [2.45, 2.75) is 56.0 Å². The minimum absolute atomic E-state index is 0.130. The Morgan fingerprint density at radius 1 is 1.11 bits per heavy atom. The van der Waals surface area contributed by atoms with E-state index in [1.807, 2.05) is 6.92 Å². The van der Waals surface area contributed by atoms with E-state index in [1.165, 1.54) is 28.6 Å².